The molecule has 1 aromatic carbocycles. The zero-order valence-corrected chi connectivity index (χ0v) is 12.8. The Labute approximate surface area is 129 Å². The highest BCUT2D eigenvalue weighted by Gasteiger charge is 2.30. The number of benzene rings is 1. The van der Waals surface area contributed by atoms with Gasteiger partial charge in [-0.1, -0.05) is 24.3 Å². The molecule has 3 rings (SSSR count). The smallest absolute Gasteiger partial charge is 0.227 e. The second kappa shape index (κ2) is 6.41. The van der Waals surface area contributed by atoms with Crippen molar-refractivity contribution in [3.63, 3.8) is 0 Å². The fourth-order valence-corrected chi connectivity index (χ4v) is 3.78. The zero-order valence-electron chi connectivity index (χ0n) is 12.0. The maximum Gasteiger partial charge on any atom is 0.227 e. The monoisotopic (exact) mass is 300 g/mol. The van der Waals surface area contributed by atoms with Crippen LogP contribution in [0.15, 0.2) is 41.1 Å². The van der Waals surface area contributed by atoms with Crippen molar-refractivity contribution in [2.45, 2.75) is 31.8 Å². The van der Waals surface area contributed by atoms with Gasteiger partial charge in [0.25, 0.3) is 0 Å². The van der Waals surface area contributed by atoms with Gasteiger partial charge in [0.2, 0.25) is 5.91 Å². The molecule has 1 atom stereocenters. The van der Waals surface area contributed by atoms with E-state index in [2.05, 4.69) is 16.8 Å². The molecule has 110 valence electrons. The zero-order chi connectivity index (χ0) is 14.7. The average molecular weight is 300 g/mol. The van der Waals surface area contributed by atoms with E-state index in [4.69, 9.17) is 5.73 Å². The lowest BCUT2D eigenvalue weighted by Gasteiger charge is -2.24. The van der Waals surface area contributed by atoms with Crippen molar-refractivity contribution in [2.24, 2.45) is 5.73 Å². The Balaban J connectivity index is 1.75. The van der Waals surface area contributed by atoms with E-state index in [-0.39, 0.29) is 11.9 Å². The molecule has 3 nitrogen and oxygen atoms in total. The number of hydrogen-bond acceptors (Lipinski definition) is 3. The Bertz CT molecular complexity index is 609. The number of nitrogens with zero attached hydrogens (tertiary/aromatic N) is 1. The molecule has 4 heteroatoms. The van der Waals surface area contributed by atoms with E-state index < -0.39 is 0 Å². The highest BCUT2D eigenvalue weighted by Crippen LogP contribution is 2.33. The number of amides is 1. The maximum atomic E-state index is 12.7. The van der Waals surface area contributed by atoms with Crippen LogP contribution in [0, 0.1) is 0 Å². The second-order valence-electron chi connectivity index (χ2n) is 5.45. The average Bonchev–Trinajstić information content (AvgIpc) is 3.18. The minimum Gasteiger partial charge on any atom is -0.335 e. The van der Waals surface area contributed by atoms with E-state index in [1.165, 1.54) is 5.56 Å². The predicted molar refractivity (Wildman–Crippen MR) is 86.0 cm³/mol. The third-order valence-electron chi connectivity index (χ3n) is 4.18. The molecule has 21 heavy (non-hydrogen) atoms. The molecule has 1 aliphatic heterocycles. The van der Waals surface area contributed by atoms with Crippen LogP contribution in [-0.4, -0.2) is 17.4 Å². The maximum absolute atomic E-state index is 12.7. The first-order valence-electron chi connectivity index (χ1n) is 7.38. The van der Waals surface area contributed by atoms with Gasteiger partial charge >= 0.3 is 0 Å². The summed E-state index contributed by atoms with van der Waals surface area (Å²) in [5, 5.41) is 4.24. The molecule has 1 aromatic heterocycles. The standard InChI is InChI=1S/C17H20N2OS/c18-11-14-5-2-1-4-13(14)10-17(20)19-8-3-6-16(19)15-7-9-21-12-15/h1-2,4-5,7,9,12,16H,3,6,8,10-11,18H2. The molecule has 0 saturated carbocycles. The van der Waals surface area contributed by atoms with Crippen molar-refractivity contribution >= 4 is 17.2 Å². The van der Waals surface area contributed by atoms with E-state index in [0.29, 0.717) is 13.0 Å². The summed E-state index contributed by atoms with van der Waals surface area (Å²) in [5.74, 6) is 0.213. The van der Waals surface area contributed by atoms with E-state index in [0.717, 1.165) is 30.5 Å². The number of rotatable bonds is 4. The van der Waals surface area contributed by atoms with Gasteiger partial charge in [-0.25, -0.2) is 0 Å². The second-order valence-corrected chi connectivity index (χ2v) is 6.23. The number of thiophene rings is 1. The van der Waals surface area contributed by atoms with Crippen LogP contribution in [0.25, 0.3) is 0 Å². The molecule has 1 saturated heterocycles. The summed E-state index contributed by atoms with van der Waals surface area (Å²) in [6.45, 7) is 1.35. The van der Waals surface area contributed by atoms with Crippen molar-refractivity contribution in [3.8, 4) is 0 Å². The van der Waals surface area contributed by atoms with Crippen LogP contribution in [0.3, 0.4) is 0 Å². The summed E-state index contributed by atoms with van der Waals surface area (Å²) < 4.78 is 0. The lowest BCUT2D eigenvalue weighted by atomic mass is 10.0. The first-order valence-corrected chi connectivity index (χ1v) is 8.32. The van der Waals surface area contributed by atoms with Gasteiger partial charge < -0.3 is 10.6 Å². The Morgan fingerprint density at radius 3 is 2.81 bits per heavy atom. The number of likely N-dealkylation sites (tertiary alicyclic amines) is 1. The summed E-state index contributed by atoms with van der Waals surface area (Å²) in [7, 11) is 0. The summed E-state index contributed by atoms with van der Waals surface area (Å²) in [6, 6.07) is 10.4. The van der Waals surface area contributed by atoms with Gasteiger partial charge in [-0.15, -0.1) is 0 Å². The molecule has 1 amide bonds. The van der Waals surface area contributed by atoms with Gasteiger partial charge in [0.05, 0.1) is 12.5 Å². The SMILES string of the molecule is NCc1ccccc1CC(=O)N1CCCC1c1ccsc1. The van der Waals surface area contributed by atoms with E-state index in [1.807, 2.05) is 29.2 Å². The van der Waals surface area contributed by atoms with Crippen LogP contribution in [-0.2, 0) is 17.8 Å². The Morgan fingerprint density at radius 2 is 2.10 bits per heavy atom. The Hall–Kier alpha value is -1.65. The minimum atomic E-state index is 0.213. The normalized spacial score (nSPS) is 18.1. The fraction of sp³-hybridized carbons (Fsp3) is 0.353. The predicted octanol–water partition coefficient (Wildman–Crippen LogP) is 3.11. The first kappa shape index (κ1) is 14.3. The van der Waals surface area contributed by atoms with Gasteiger partial charge in [-0.3, -0.25) is 4.79 Å². The van der Waals surface area contributed by atoms with Crippen LogP contribution >= 0.6 is 11.3 Å². The summed E-state index contributed by atoms with van der Waals surface area (Å²) >= 11 is 1.70. The number of nitrogens with two attached hydrogens (primary N) is 1. The third kappa shape index (κ3) is 3.01. The van der Waals surface area contributed by atoms with E-state index >= 15 is 0 Å². The van der Waals surface area contributed by atoms with Gasteiger partial charge in [0, 0.05) is 13.1 Å². The summed E-state index contributed by atoms with van der Waals surface area (Å²) in [5.41, 5.74) is 9.16. The van der Waals surface area contributed by atoms with Crippen LogP contribution in [0.5, 0.6) is 0 Å². The Morgan fingerprint density at radius 1 is 1.29 bits per heavy atom. The molecule has 0 spiro atoms. The van der Waals surface area contributed by atoms with Crippen LogP contribution in [0.2, 0.25) is 0 Å². The highest BCUT2D eigenvalue weighted by molar-refractivity contribution is 7.07. The van der Waals surface area contributed by atoms with E-state index in [9.17, 15) is 4.79 Å². The van der Waals surface area contributed by atoms with Crippen molar-refractivity contribution in [1.29, 1.82) is 0 Å². The van der Waals surface area contributed by atoms with Gasteiger partial charge in [0.15, 0.2) is 0 Å². The van der Waals surface area contributed by atoms with Crippen molar-refractivity contribution in [1.82, 2.24) is 4.90 Å². The molecule has 1 aliphatic rings. The van der Waals surface area contributed by atoms with Crippen molar-refractivity contribution in [2.75, 3.05) is 6.54 Å². The third-order valence-corrected chi connectivity index (χ3v) is 4.88. The molecule has 0 bridgehead atoms. The molecular weight excluding hydrogens is 280 g/mol. The van der Waals surface area contributed by atoms with E-state index in [1.54, 1.807) is 11.3 Å². The van der Waals surface area contributed by atoms with Crippen LogP contribution in [0.1, 0.15) is 35.6 Å². The quantitative estimate of drug-likeness (QED) is 0.943. The molecule has 0 radical (unpaired) electrons. The first-order chi connectivity index (χ1) is 10.3. The van der Waals surface area contributed by atoms with Gasteiger partial charge in [-0.2, -0.15) is 11.3 Å². The fourth-order valence-electron chi connectivity index (χ4n) is 3.07. The molecule has 1 fully saturated rings. The van der Waals surface area contributed by atoms with Crippen LogP contribution in [0.4, 0.5) is 0 Å². The van der Waals surface area contributed by atoms with Gasteiger partial charge in [0.1, 0.15) is 0 Å². The Kier molecular flexibility index (Phi) is 4.36. The summed E-state index contributed by atoms with van der Waals surface area (Å²) in [6.07, 6.45) is 2.61. The molecule has 0 aliphatic carbocycles. The molecule has 2 aromatic rings. The number of carbonyl (C=O) groups excluding carboxylic acids is 1. The lowest BCUT2D eigenvalue weighted by molar-refractivity contribution is -0.131. The summed E-state index contributed by atoms with van der Waals surface area (Å²) in [4.78, 5) is 14.7. The molecular formula is C17H20N2OS. The molecule has 2 N–H and O–H groups in total. The van der Waals surface area contributed by atoms with Crippen molar-refractivity contribution in [3.05, 3.63) is 57.8 Å². The lowest BCUT2D eigenvalue weighted by Crippen LogP contribution is -2.32. The number of carbonyl (C=O) groups is 1. The molecule has 2 heterocycles. The largest absolute Gasteiger partial charge is 0.335 e. The number of hydrogen-bond donors (Lipinski definition) is 1. The van der Waals surface area contributed by atoms with Crippen LogP contribution < -0.4 is 5.73 Å². The topological polar surface area (TPSA) is 46.3 Å². The minimum absolute atomic E-state index is 0.213. The molecule has 1 unspecified atom stereocenters. The van der Waals surface area contributed by atoms with Gasteiger partial charge in [-0.05, 0) is 46.4 Å². The highest BCUT2D eigenvalue weighted by atomic mass is 32.1. The van der Waals surface area contributed by atoms with Crippen molar-refractivity contribution < 1.29 is 4.79 Å².